The lowest BCUT2D eigenvalue weighted by Gasteiger charge is -2.34. The summed E-state index contributed by atoms with van der Waals surface area (Å²) >= 11 is 0. The molecule has 1 unspecified atom stereocenters. The van der Waals surface area contributed by atoms with E-state index in [1.807, 2.05) is 33.8 Å². The number of nitrogens with one attached hydrogen (secondary N) is 1. The van der Waals surface area contributed by atoms with Gasteiger partial charge in [-0.3, -0.25) is 13.9 Å². The predicted molar refractivity (Wildman–Crippen MR) is 151 cm³/mol. The topological polar surface area (TPSA) is 86.8 Å². The van der Waals surface area contributed by atoms with Crippen molar-refractivity contribution in [2.24, 2.45) is 0 Å². The number of amides is 2. The zero-order valence-electron chi connectivity index (χ0n) is 23.2. The van der Waals surface area contributed by atoms with Gasteiger partial charge in [0.1, 0.15) is 18.4 Å². The van der Waals surface area contributed by atoms with Gasteiger partial charge in [-0.1, -0.05) is 42.5 Å². The van der Waals surface area contributed by atoms with Crippen LogP contribution in [-0.4, -0.2) is 43.3 Å². The average molecular weight is 554 g/mol. The fourth-order valence-corrected chi connectivity index (χ4v) is 5.56. The van der Waals surface area contributed by atoms with E-state index in [-0.39, 0.29) is 17.3 Å². The van der Waals surface area contributed by atoms with Crippen LogP contribution in [0.5, 0.6) is 0 Å². The van der Waals surface area contributed by atoms with E-state index in [0.717, 1.165) is 9.87 Å². The average Bonchev–Trinajstić information content (AvgIpc) is 2.87. The summed E-state index contributed by atoms with van der Waals surface area (Å²) in [4.78, 5) is 28.4. The molecule has 0 spiro atoms. The number of carbonyl (C=O) groups is 2. The lowest BCUT2D eigenvalue weighted by molar-refractivity contribution is -0.140. The van der Waals surface area contributed by atoms with Gasteiger partial charge in [-0.15, -0.1) is 0 Å². The minimum Gasteiger partial charge on any atom is -0.350 e. The summed E-state index contributed by atoms with van der Waals surface area (Å²) in [6.07, 6.45) is 0. The van der Waals surface area contributed by atoms with E-state index in [1.54, 1.807) is 44.2 Å². The zero-order valence-corrected chi connectivity index (χ0v) is 24.0. The monoisotopic (exact) mass is 553 g/mol. The van der Waals surface area contributed by atoms with E-state index in [1.165, 1.54) is 41.3 Å². The Morgan fingerprint density at radius 3 is 2.15 bits per heavy atom. The molecule has 0 saturated heterocycles. The third kappa shape index (κ3) is 7.66. The highest BCUT2D eigenvalue weighted by atomic mass is 32.2. The summed E-state index contributed by atoms with van der Waals surface area (Å²) in [5.41, 5.74) is 1.94. The Kier molecular flexibility index (Phi) is 9.17. The van der Waals surface area contributed by atoms with Crippen molar-refractivity contribution in [2.45, 2.75) is 64.6 Å². The fraction of sp³-hybridized carbons (Fsp3) is 0.333. The van der Waals surface area contributed by atoms with Crippen LogP contribution >= 0.6 is 0 Å². The molecular weight excluding hydrogens is 517 g/mol. The third-order valence-electron chi connectivity index (χ3n) is 6.18. The predicted octanol–water partition coefficient (Wildman–Crippen LogP) is 4.97. The van der Waals surface area contributed by atoms with Crippen LogP contribution in [0.1, 0.15) is 44.4 Å². The Morgan fingerprint density at radius 1 is 0.949 bits per heavy atom. The molecule has 1 atom stereocenters. The molecule has 0 aliphatic rings. The number of sulfonamides is 1. The first-order valence-corrected chi connectivity index (χ1v) is 14.1. The number of aryl methyl sites for hydroxylation is 2. The van der Waals surface area contributed by atoms with Gasteiger partial charge in [0.05, 0.1) is 10.6 Å². The number of hydrogen-bond acceptors (Lipinski definition) is 4. The van der Waals surface area contributed by atoms with Crippen molar-refractivity contribution >= 4 is 27.5 Å². The van der Waals surface area contributed by atoms with Crippen molar-refractivity contribution in [1.82, 2.24) is 10.2 Å². The molecule has 0 bridgehead atoms. The summed E-state index contributed by atoms with van der Waals surface area (Å²) in [5, 5.41) is 2.88. The Hall–Kier alpha value is -3.72. The summed E-state index contributed by atoms with van der Waals surface area (Å²) in [6.45, 7) is 10.2. The molecule has 0 aliphatic heterocycles. The molecule has 39 heavy (non-hydrogen) atoms. The van der Waals surface area contributed by atoms with Gasteiger partial charge < -0.3 is 10.2 Å². The van der Waals surface area contributed by atoms with Crippen LogP contribution in [0.2, 0.25) is 0 Å². The van der Waals surface area contributed by atoms with E-state index in [0.29, 0.717) is 16.8 Å². The molecule has 7 nitrogen and oxygen atoms in total. The van der Waals surface area contributed by atoms with Crippen LogP contribution in [0.4, 0.5) is 10.1 Å². The number of anilines is 1. The van der Waals surface area contributed by atoms with Gasteiger partial charge in [0.15, 0.2) is 0 Å². The molecule has 9 heteroatoms. The second-order valence-electron chi connectivity index (χ2n) is 10.7. The quantitative estimate of drug-likeness (QED) is 0.405. The summed E-state index contributed by atoms with van der Waals surface area (Å²) in [7, 11) is -4.14. The zero-order chi connectivity index (χ0) is 29.0. The Balaban J connectivity index is 2.06. The highest BCUT2D eigenvalue weighted by Gasteiger charge is 2.33. The maximum atomic E-state index is 13.9. The lowest BCUT2D eigenvalue weighted by Crippen LogP contribution is -2.54. The van der Waals surface area contributed by atoms with E-state index in [4.69, 9.17) is 0 Å². The van der Waals surface area contributed by atoms with Crippen LogP contribution < -0.4 is 9.62 Å². The molecule has 3 aromatic carbocycles. The first kappa shape index (κ1) is 29.8. The van der Waals surface area contributed by atoms with Crippen LogP contribution in [0, 0.1) is 19.7 Å². The number of hydrogen-bond donors (Lipinski definition) is 1. The maximum Gasteiger partial charge on any atom is 0.264 e. The number of nitrogens with zero attached hydrogens (tertiary/aromatic N) is 2. The molecule has 208 valence electrons. The van der Waals surface area contributed by atoms with Crippen LogP contribution in [0.3, 0.4) is 0 Å². The molecule has 3 rings (SSSR count). The van der Waals surface area contributed by atoms with E-state index in [2.05, 4.69) is 5.32 Å². The van der Waals surface area contributed by atoms with Crippen molar-refractivity contribution in [2.75, 3.05) is 10.8 Å². The van der Waals surface area contributed by atoms with Gasteiger partial charge in [-0.2, -0.15) is 0 Å². The Labute approximate surface area is 230 Å². The van der Waals surface area contributed by atoms with Gasteiger partial charge in [0.2, 0.25) is 11.8 Å². The highest BCUT2D eigenvalue weighted by molar-refractivity contribution is 7.92. The molecule has 0 radical (unpaired) electrons. The normalized spacial score (nSPS) is 12.5. The minimum atomic E-state index is -4.14. The SMILES string of the molecule is Cc1ccc(C)c(N(CC(=O)N(Cc2ccc(F)cc2)C(C)C(=O)NC(C)(C)C)S(=O)(=O)c2ccccc2)c1. The van der Waals surface area contributed by atoms with Crippen molar-refractivity contribution < 1.29 is 22.4 Å². The largest absolute Gasteiger partial charge is 0.350 e. The molecule has 0 aliphatic carbocycles. The molecule has 0 aromatic heterocycles. The highest BCUT2D eigenvalue weighted by Crippen LogP contribution is 2.28. The molecule has 2 amide bonds. The van der Waals surface area contributed by atoms with Gasteiger partial charge in [0.25, 0.3) is 10.0 Å². The van der Waals surface area contributed by atoms with Gasteiger partial charge in [-0.05, 0) is 88.6 Å². The van der Waals surface area contributed by atoms with Gasteiger partial charge in [0, 0.05) is 12.1 Å². The second-order valence-corrected chi connectivity index (χ2v) is 12.5. The minimum absolute atomic E-state index is 0.0101. The third-order valence-corrected chi connectivity index (χ3v) is 7.95. The number of benzene rings is 3. The molecule has 0 fully saturated rings. The first-order chi connectivity index (χ1) is 18.2. The van der Waals surface area contributed by atoms with Crippen LogP contribution in [0.25, 0.3) is 0 Å². The Morgan fingerprint density at radius 2 is 1.56 bits per heavy atom. The van der Waals surface area contributed by atoms with Crippen molar-refractivity contribution in [1.29, 1.82) is 0 Å². The van der Waals surface area contributed by atoms with Gasteiger partial charge in [-0.25, -0.2) is 12.8 Å². The summed E-state index contributed by atoms with van der Waals surface area (Å²) in [5.74, 6) is -1.39. The van der Waals surface area contributed by atoms with Crippen LogP contribution in [0.15, 0.2) is 77.7 Å². The number of carbonyl (C=O) groups excluding carboxylic acids is 2. The van der Waals surface area contributed by atoms with Crippen molar-refractivity contribution in [3.8, 4) is 0 Å². The van der Waals surface area contributed by atoms with Gasteiger partial charge >= 0.3 is 0 Å². The summed E-state index contributed by atoms with van der Waals surface area (Å²) < 4.78 is 42.4. The van der Waals surface area contributed by atoms with E-state index < -0.39 is 39.9 Å². The fourth-order valence-electron chi connectivity index (χ4n) is 4.06. The van der Waals surface area contributed by atoms with Crippen molar-refractivity contribution in [3.05, 3.63) is 95.3 Å². The molecule has 1 N–H and O–H groups in total. The summed E-state index contributed by atoms with van der Waals surface area (Å²) in [6, 6.07) is 18.0. The standard InChI is InChI=1S/C30H36FN3O4S/c1-21-12-13-22(2)27(18-21)34(39(37,38)26-10-8-7-9-11-26)20-28(35)33(19-24-14-16-25(31)17-15-24)23(3)29(36)32-30(4,5)6/h7-18,23H,19-20H2,1-6H3,(H,32,36). The number of rotatable bonds is 9. The maximum absolute atomic E-state index is 13.9. The molecule has 0 saturated carbocycles. The van der Waals surface area contributed by atoms with Crippen molar-refractivity contribution in [3.63, 3.8) is 0 Å². The Bertz CT molecular complexity index is 1420. The smallest absolute Gasteiger partial charge is 0.264 e. The lowest BCUT2D eigenvalue weighted by atomic mass is 10.1. The van der Waals surface area contributed by atoms with E-state index >= 15 is 0 Å². The van der Waals surface area contributed by atoms with E-state index in [9.17, 15) is 22.4 Å². The molecule has 3 aromatic rings. The number of halogens is 1. The molecular formula is C30H36FN3O4S. The first-order valence-electron chi connectivity index (χ1n) is 12.7. The second kappa shape index (κ2) is 12.0. The van der Waals surface area contributed by atoms with Crippen LogP contribution in [-0.2, 0) is 26.2 Å². The molecule has 0 heterocycles.